The number of amides is 2. The molecule has 2 atom stereocenters. The van der Waals surface area contributed by atoms with E-state index in [4.69, 9.17) is 5.11 Å². The van der Waals surface area contributed by atoms with Gasteiger partial charge in [0.05, 0.1) is 0 Å². The molecule has 1 aliphatic rings. The van der Waals surface area contributed by atoms with Gasteiger partial charge in [-0.05, 0) is 6.92 Å². The standard InChI is InChI=1S/C9H16N2O5S2/c1-6(8(12)13)10-9(14)11-3-4-17-5-7(11)18(2,15)16/h6-7H,3-5H2,1-2H3,(H,10,14)(H,12,13)/t6-,7?/m0/s1. The molecule has 0 aromatic rings. The Morgan fingerprint density at radius 3 is 2.61 bits per heavy atom. The van der Waals surface area contributed by atoms with E-state index in [1.54, 1.807) is 0 Å². The highest BCUT2D eigenvalue weighted by atomic mass is 32.2. The highest BCUT2D eigenvalue weighted by molar-refractivity contribution is 8.00. The number of carbonyl (C=O) groups excluding carboxylic acids is 1. The minimum absolute atomic E-state index is 0.292. The van der Waals surface area contributed by atoms with Gasteiger partial charge < -0.3 is 15.3 Å². The minimum Gasteiger partial charge on any atom is -0.480 e. The first-order chi connectivity index (χ1) is 8.23. The second kappa shape index (κ2) is 5.79. The highest BCUT2D eigenvalue weighted by Gasteiger charge is 2.35. The molecule has 0 saturated carbocycles. The van der Waals surface area contributed by atoms with Crippen molar-refractivity contribution in [3.63, 3.8) is 0 Å². The Hall–Kier alpha value is -0.960. The van der Waals surface area contributed by atoms with Crippen LogP contribution in [-0.4, -0.2) is 66.1 Å². The van der Waals surface area contributed by atoms with Crippen molar-refractivity contribution in [2.45, 2.75) is 18.3 Å². The summed E-state index contributed by atoms with van der Waals surface area (Å²) in [5.74, 6) is -0.208. The van der Waals surface area contributed by atoms with Gasteiger partial charge in [0.15, 0.2) is 9.84 Å². The van der Waals surface area contributed by atoms with Crippen LogP contribution in [0.15, 0.2) is 0 Å². The van der Waals surface area contributed by atoms with Crippen LogP contribution in [0.25, 0.3) is 0 Å². The van der Waals surface area contributed by atoms with E-state index in [1.807, 2.05) is 0 Å². The van der Waals surface area contributed by atoms with Crippen LogP contribution < -0.4 is 5.32 Å². The van der Waals surface area contributed by atoms with E-state index in [2.05, 4.69) is 5.32 Å². The van der Waals surface area contributed by atoms with Crippen molar-refractivity contribution >= 4 is 33.6 Å². The molecular formula is C9H16N2O5S2. The number of aliphatic carboxylic acids is 1. The van der Waals surface area contributed by atoms with Gasteiger partial charge in [-0.25, -0.2) is 13.2 Å². The number of nitrogens with one attached hydrogen (secondary N) is 1. The normalized spacial score (nSPS) is 22.3. The average molecular weight is 296 g/mol. The van der Waals surface area contributed by atoms with Crippen LogP contribution >= 0.6 is 11.8 Å². The van der Waals surface area contributed by atoms with E-state index >= 15 is 0 Å². The smallest absolute Gasteiger partial charge is 0.325 e. The molecule has 2 N–H and O–H groups in total. The Kier molecular flexibility index (Phi) is 4.85. The largest absolute Gasteiger partial charge is 0.480 e. The van der Waals surface area contributed by atoms with E-state index < -0.39 is 33.3 Å². The zero-order valence-corrected chi connectivity index (χ0v) is 11.8. The molecule has 104 valence electrons. The lowest BCUT2D eigenvalue weighted by Crippen LogP contribution is -2.55. The Morgan fingerprint density at radius 1 is 1.50 bits per heavy atom. The number of hydrogen-bond donors (Lipinski definition) is 2. The fourth-order valence-electron chi connectivity index (χ4n) is 1.50. The first kappa shape index (κ1) is 15.1. The lowest BCUT2D eigenvalue weighted by atomic mass is 10.3. The summed E-state index contributed by atoms with van der Waals surface area (Å²) in [5, 5.41) is 10.1. The van der Waals surface area contributed by atoms with Crippen molar-refractivity contribution in [1.82, 2.24) is 10.2 Å². The zero-order chi connectivity index (χ0) is 13.9. The number of urea groups is 1. The first-order valence-electron chi connectivity index (χ1n) is 5.30. The molecule has 0 radical (unpaired) electrons. The van der Waals surface area contributed by atoms with Gasteiger partial charge in [0.2, 0.25) is 0 Å². The quantitative estimate of drug-likeness (QED) is 0.733. The Labute approximate surface area is 110 Å². The minimum atomic E-state index is -3.38. The molecule has 0 aromatic heterocycles. The number of carbonyl (C=O) groups is 2. The van der Waals surface area contributed by atoms with Crippen LogP contribution in [0.4, 0.5) is 4.79 Å². The molecule has 2 amide bonds. The number of nitrogens with zero attached hydrogens (tertiary/aromatic N) is 1. The van der Waals surface area contributed by atoms with Gasteiger partial charge >= 0.3 is 12.0 Å². The topological polar surface area (TPSA) is 104 Å². The molecule has 1 rings (SSSR count). The summed E-state index contributed by atoms with van der Waals surface area (Å²) in [7, 11) is -3.38. The summed E-state index contributed by atoms with van der Waals surface area (Å²) >= 11 is 1.46. The van der Waals surface area contributed by atoms with Crippen molar-refractivity contribution in [2.75, 3.05) is 24.3 Å². The molecule has 1 unspecified atom stereocenters. The predicted octanol–water partition coefficient (Wildman–Crippen LogP) is -0.411. The number of thioether (sulfide) groups is 1. The van der Waals surface area contributed by atoms with Crippen molar-refractivity contribution in [1.29, 1.82) is 0 Å². The molecule has 1 heterocycles. The van der Waals surface area contributed by atoms with E-state index in [0.717, 1.165) is 6.26 Å². The van der Waals surface area contributed by atoms with E-state index in [9.17, 15) is 18.0 Å². The molecule has 1 fully saturated rings. The first-order valence-corrected chi connectivity index (χ1v) is 8.41. The number of carboxylic acid groups (broad SMARTS) is 1. The van der Waals surface area contributed by atoms with Gasteiger partial charge in [0.25, 0.3) is 0 Å². The fraction of sp³-hybridized carbons (Fsp3) is 0.778. The van der Waals surface area contributed by atoms with Gasteiger partial charge in [-0.2, -0.15) is 11.8 Å². The van der Waals surface area contributed by atoms with Crippen LogP contribution in [0.3, 0.4) is 0 Å². The van der Waals surface area contributed by atoms with Gasteiger partial charge in [0.1, 0.15) is 11.4 Å². The van der Waals surface area contributed by atoms with Crippen LogP contribution in [-0.2, 0) is 14.6 Å². The zero-order valence-electron chi connectivity index (χ0n) is 10.1. The average Bonchev–Trinajstić information content (AvgIpc) is 2.27. The Bertz CT molecular complexity index is 436. The fourth-order valence-corrected chi connectivity index (χ4v) is 4.31. The van der Waals surface area contributed by atoms with Crippen LogP contribution in [0.2, 0.25) is 0 Å². The third-order valence-electron chi connectivity index (χ3n) is 2.55. The third-order valence-corrected chi connectivity index (χ3v) is 5.19. The maximum Gasteiger partial charge on any atom is 0.325 e. The molecule has 1 aliphatic heterocycles. The number of sulfone groups is 1. The molecule has 18 heavy (non-hydrogen) atoms. The Morgan fingerprint density at radius 2 is 2.11 bits per heavy atom. The van der Waals surface area contributed by atoms with E-state index in [-0.39, 0.29) is 0 Å². The number of hydrogen-bond acceptors (Lipinski definition) is 5. The number of carboxylic acids is 1. The second-order valence-corrected chi connectivity index (χ2v) is 7.41. The predicted molar refractivity (Wildman–Crippen MR) is 68.3 cm³/mol. The van der Waals surface area contributed by atoms with Crippen LogP contribution in [0.1, 0.15) is 6.92 Å². The molecule has 9 heteroatoms. The summed E-state index contributed by atoms with van der Waals surface area (Å²) in [6.45, 7) is 1.62. The van der Waals surface area contributed by atoms with Gasteiger partial charge in [-0.1, -0.05) is 0 Å². The maximum absolute atomic E-state index is 11.8. The molecule has 0 aliphatic carbocycles. The summed E-state index contributed by atoms with van der Waals surface area (Å²) in [6, 6.07) is -1.70. The van der Waals surface area contributed by atoms with Gasteiger partial charge in [-0.15, -0.1) is 0 Å². The summed E-state index contributed by atoms with van der Waals surface area (Å²) in [6.07, 6.45) is 1.07. The lowest BCUT2D eigenvalue weighted by molar-refractivity contribution is -0.138. The SMILES string of the molecule is C[C@H](NC(=O)N1CCSCC1S(C)(=O)=O)C(=O)O. The summed E-state index contributed by atoms with van der Waals surface area (Å²) in [4.78, 5) is 23.7. The third kappa shape index (κ3) is 3.77. The number of rotatable bonds is 3. The van der Waals surface area contributed by atoms with Crippen molar-refractivity contribution in [3.8, 4) is 0 Å². The molecule has 7 nitrogen and oxygen atoms in total. The van der Waals surface area contributed by atoms with Crippen molar-refractivity contribution in [3.05, 3.63) is 0 Å². The summed E-state index contributed by atoms with van der Waals surface area (Å²) in [5.41, 5.74) is 0. The van der Waals surface area contributed by atoms with Crippen LogP contribution in [0, 0.1) is 0 Å². The van der Waals surface area contributed by atoms with Gasteiger partial charge in [-0.3, -0.25) is 4.79 Å². The van der Waals surface area contributed by atoms with E-state index in [1.165, 1.54) is 23.6 Å². The maximum atomic E-state index is 11.8. The monoisotopic (exact) mass is 296 g/mol. The molecule has 0 spiro atoms. The highest BCUT2D eigenvalue weighted by Crippen LogP contribution is 2.20. The van der Waals surface area contributed by atoms with Crippen molar-refractivity contribution in [2.24, 2.45) is 0 Å². The molecular weight excluding hydrogens is 280 g/mol. The van der Waals surface area contributed by atoms with Gasteiger partial charge in [0, 0.05) is 24.3 Å². The molecule has 1 saturated heterocycles. The lowest BCUT2D eigenvalue weighted by Gasteiger charge is -2.34. The second-order valence-electron chi connectivity index (χ2n) is 4.06. The van der Waals surface area contributed by atoms with E-state index in [0.29, 0.717) is 18.1 Å². The molecule has 0 bridgehead atoms. The summed E-state index contributed by atoms with van der Waals surface area (Å²) < 4.78 is 23.1. The van der Waals surface area contributed by atoms with Crippen molar-refractivity contribution < 1.29 is 23.1 Å². The molecule has 0 aromatic carbocycles. The Balaban J connectivity index is 2.78. The van der Waals surface area contributed by atoms with Crippen LogP contribution in [0.5, 0.6) is 0 Å².